The molecule has 9 heteroatoms. The molecule has 0 bridgehead atoms. The number of rotatable bonds is 7. The molecule has 2 fully saturated rings. The lowest BCUT2D eigenvalue weighted by Crippen LogP contribution is -2.23. The third-order valence-corrected chi connectivity index (χ3v) is 7.14. The van der Waals surface area contributed by atoms with Gasteiger partial charge in [0.05, 0.1) is 0 Å². The monoisotopic (exact) mass is 463 g/mol. The van der Waals surface area contributed by atoms with Crippen LogP contribution in [-0.2, 0) is 6.54 Å². The first-order chi connectivity index (χ1) is 14.0. The molecular formula is C20H30BrN7O. The van der Waals surface area contributed by atoms with Crippen LogP contribution >= 0.6 is 15.9 Å². The van der Waals surface area contributed by atoms with Gasteiger partial charge in [-0.05, 0) is 52.9 Å². The summed E-state index contributed by atoms with van der Waals surface area (Å²) in [4.78, 5) is 13.5. The number of aromatic nitrogens is 4. The van der Waals surface area contributed by atoms with Gasteiger partial charge in [0.2, 0.25) is 5.82 Å². The molecule has 8 nitrogen and oxygen atoms in total. The number of nitrogens with zero attached hydrogens (tertiary/aromatic N) is 4. The Labute approximate surface area is 179 Å². The highest BCUT2D eigenvalue weighted by Gasteiger charge is 2.24. The summed E-state index contributed by atoms with van der Waals surface area (Å²) in [5, 5.41) is 20.5. The number of imidazole rings is 1. The summed E-state index contributed by atoms with van der Waals surface area (Å²) >= 11 is 3.61. The van der Waals surface area contributed by atoms with Crippen molar-refractivity contribution in [2.45, 2.75) is 64.8 Å². The van der Waals surface area contributed by atoms with E-state index in [0.717, 1.165) is 41.6 Å². The average molecular weight is 464 g/mol. The number of nitrogens with one attached hydrogen (secondary N) is 3. The molecule has 2 aromatic heterocycles. The molecule has 0 atom stereocenters. The van der Waals surface area contributed by atoms with Gasteiger partial charge in [-0.3, -0.25) is 10.6 Å². The summed E-state index contributed by atoms with van der Waals surface area (Å²) < 4.78 is 2.91. The molecule has 0 saturated heterocycles. The molecule has 4 rings (SSSR count). The van der Waals surface area contributed by atoms with Gasteiger partial charge in [-0.1, -0.05) is 39.0 Å². The zero-order valence-corrected chi connectivity index (χ0v) is 18.5. The maximum absolute atomic E-state index is 9.13. The lowest BCUT2D eigenvalue weighted by atomic mass is 9.83. The van der Waals surface area contributed by atoms with Gasteiger partial charge in [0.15, 0.2) is 22.0 Å². The highest BCUT2D eigenvalue weighted by Crippen LogP contribution is 2.33. The lowest BCUT2D eigenvalue weighted by molar-refractivity contribution is 0.233. The van der Waals surface area contributed by atoms with Crippen LogP contribution < -0.4 is 10.8 Å². The second kappa shape index (κ2) is 8.95. The number of hydrogen-bond acceptors (Lipinski definition) is 6. The third kappa shape index (κ3) is 4.55. The van der Waals surface area contributed by atoms with Gasteiger partial charge in [-0.15, -0.1) is 0 Å². The van der Waals surface area contributed by atoms with E-state index >= 15 is 0 Å². The lowest BCUT2D eigenvalue weighted by Gasteiger charge is -2.27. The summed E-state index contributed by atoms with van der Waals surface area (Å²) in [6.45, 7) is 4.06. The van der Waals surface area contributed by atoms with E-state index in [9.17, 15) is 0 Å². The van der Waals surface area contributed by atoms with Crippen LogP contribution in [0.3, 0.4) is 0 Å². The SMILES string of the molecule is C[C@H]1CC[C@H](Cn2c(Br)nc3nc(C(=N)NO)nc(NCCC4CCC4)c32)CC1. The van der Waals surface area contributed by atoms with Crippen molar-refractivity contribution in [3.05, 3.63) is 10.6 Å². The predicted molar refractivity (Wildman–Crippen MR) is 116 cm³/mol. The molecule has 158 valence electrons. The molecule has 0 aliphatic heterocycles. The summed E-state index contributed by atoms with van der Waals surface area (Å²) in [5.41, 5.74) is 3.25. The Morgan fingerprint density at radius 3 is 2.55 bits per heavy atom. The maximum Gasteiger partial charge on any atom is 0.201 e. The Hall–Kier alpha value is -1.74. The molecule has 0 spiro atoms. The largest absolute Gasteiger partial charge is 0.368 e. The maximum atomic E-state index is 9.13. The first kappa shape index (κ1) is 20.5. The number of halogens is 1. The third-order valence-electron chi connectivity index (χ3n) is 6.54. The van der Waals surface area contributed by atoms with Crippen molar-refractivity contribution in [3.8, 4) is 0 Å². The molecule has 2 saturated carbocycles. The molecule has 2 aliphatic carbocycles. The van der Waals surface area contributed by atoms with Crippen molar-refractivity contribution in [2.75, 3.05) is 11.9 Å². The molecule has 4 N–H and O–H groups in total. The normalized spacial score (nSPS) is 22.4. The van der Waals surface area contributed by atoms with E-state index < -0.39 is 0 Å². The number of hydrogen-bond donors (Lipinski definition) is 4. The van der Waals surface area contributed by atoms with E-state index in [2.05, 4.69) is 47.7 Å². The van der Waals surface area contributed by atoms with E-state index in [0.29, 0.717) is 17.4 Å². The van der Waals surface area contributed by atoms with Crippen LogP contribution in [0.15, 0.2) is 4.73 Å². The fourth-order valence-electron chi connectivity index (χ4n) is 4.41. The predicted octanol–water partition coefficient (Wildman–Crippen LogP) is 4.32. The topological polar surface area (TPSA) is 112 Å². The zero-order valence-electron chi connectivity index (χ0n) is 16.9. The zero-order chi connectivity index (χ0) is 20.4. The fraction of sp³-hybridized carbons (Fsp3) is 0.700. The standard InChI is InChI=1S/C20H30BrN7O/c1-12-5-7-14(8-6-12)11-28-15-17(23-10-9-13-3-2-4-13)24-19(16(22)27-29)25-18(15)26-20(28)21/h12-14,29H,2-11H2,1H3,(H2,22,27)(H,23,24,25)/t12-,14-. The first-order valence-corrected chi connectivity index (χ1v) is 11.5. The Morgan fingerprint density at radius 1 is 1.14 bits per heavy atom. The van der Waals surface area contributed by atoms with Crippen molar-refractivity contribution in [2.24, 2.45) is 17.8 Å². The molecule has 29 heavy (non-hydrogen) atoms. The number of amidine groups is 1. The molecule has 0 radical (unpaired) electrons. The first-order valence-electron chi connectivity index (χ1n) is 10.7. The summed E-state index contributed by atoms with van der Waals surface area (Å²) in [5.74, 6) is 2.83. The van der Waals surface area contributed by atoms with Gasteiger partial charge in [-0.2, -0.15) is 0 Å². The number of anilines is 1. The number of hydroxylamine groups is 1. The quantitative estimate of drug-likeness (QED) is 0.210. The van der Waals surface area contributed by atoms with Crippen molar-refractivity contribution >= 4 is 38.7 Å². The van der Waals surface area contributed by atoms with Crippen LogP contribution in [-0.4, -0.2) is 37.1 Å². The summed E-state index contributed by atoms with van der Waals surface area (Å²) in [6.07, 6.45) is 10.1. The molecular weight excluding hydrogens is 434 g/mol. The van der Waals surface area contributed by atoms with Gasteiger partial charge in [0.25, 0.3) is 0 Å². The summed E-state index contributed by atoms with van der Waals surface area (Å²) in [7, 11) is 0. The van der Waals surface area contributed by atoms with Gasteiger partial charge in [-0.25, -0.2) is 20.4 Å². The van der Waals surface area contributed by atoms with Crippen LogP contribution in [0.5, 0.6) is 0 Å². The van der Waals surface area contributed by atoms with Crippen LogP contribution in [0, 0.1) is 23.2 Å². The highest BCUT2D eigenvalue weighted by atomic mass is 79.9. The van der Waals surface area contributed by atoms with Crippen molar-refractivity contribution < 1.29 is 5.21 Å². The highest BCUT2D eigenvalue weighted by molar-refractivity contribution is 9.10. The van der Waals surface area contributed by atoms with Gasteiger partial charge in [0, 0.05) is 13.1 Å². The average Bonchev–Trinajstić information content (AvgIpc) is 3.00. The van der Waals surface area contributed by atoms with Crippen LogP contribution in [0.4, 0.5) is 5.82 Å². The van der Waals surface area contributed by atoms with Gasteiger partial charge in [0.1, 0.15) is 5.52 Å². The Kier molecular flexibility index (Phi) is 6.34. The van der Waals surface area contributed by atoms with Crippen LogP contribution in [0.1, 0.15) is 64.1 Å². The van der Waals surface area contributed by atoms with E-state index in [1.807, 2.05) is 5.48 Å². The fourth-order valence-corrected chi connectivity index (χ4v) is 4.90. The van der Waals surface area contributed by atoms with Crippen LogP contribution in [0.2, 0.25) is 0 Å². The van der Waals surface area contributed by atoms with Crippen LogP contribution in [0.25, 0.3) is 11.2 Å². The van der Waals surface area contributed by atoms with Gasteiger partial charge < -0.3 is 9.88 Å². The molecule has 2 aromatic rings. The second-order valence-electron chi connectivity index (χ2n) is 8.68. The van der Waals surface area contributed by atoms with E-state index in [4.69, 9.17) is 10.6 Å². The minimum Gasteiger partial charge on any atom is -0.368 e. The molecule has 2 heterocycles. The minimum absolute atomic E-state index is 0.134. The van der Waals surface area contributed by atoms with Gasteiger partial charge >= 0.3 is 0 Å². The Morgan fingerprint density at radius 2 is 1.90 bits per heavy atom. The minimum atomic E-state index is -0.235. The Bertz CT molecular complexity index is 871. The molecule has 0 aromatic carbocycles. The van der Waals surface area contributed by atoms with E-state index in [-0.39, 0.29) is 11.7 Å². The smallest absolute Gasteiger partial charge is 0.201 e. The van der Waals surface area contributed by atoms with Crippen molar-refractivity contribution in [3.63, 3.8) is 0 Å². The Balaban J connectivity index is 1.63. The van der Waals surface area contributed by atoms with E-state index in [1.54, 1.807) is 0 Å². The molecule has 0 amide bonds. The number of fused-ring (bicyclic) bond motifs is 1. The second-order valence-corrected chi connectivity index (χ2v) is 9.39. The summed E-state index contributed by atoms with van der Waals surface area (Å²) in [6, 6.07) is 0. The van der Waals surface area contributed by atoms with Crippen molar-refractivity contribution in [1.82, 2.24) is 25.0 Å². The molecule has 0 unspecified atom stereocenters. The molecule has 2 aliphatic rings. The van der Waals surface area contributed by atoms with Crippen molar-refractivity contribution in [1.29, 1.82) is 5.41 Å². The van der Waals surface area contributed by atoms with E-state index in [1.165, 1.54) is 44.9 Å².